The number of halogens is 1. The lowest BCUT2D eigenvalue weighted by molar-refractivity contribution is 0.281. The van der Waals surface area contributed by atoms with Gasteiger partial charge in [0.05, 0.1) is 30.7 Å². The van der Waals surface area contributed by atoms with E-state index in [1.807, 2.05) is 23.4 Å². The van der Waals surface area contributed by atoms with E-state index >= 15 is 0 Å². The van der Waals surface area contributed by atoms with Gasteiger partial charge in [-0.25, -0.2) is 13.4 Å². The molecule has 1 aromatic carbocycles. The van der Waals surface area contributed by atoms with Crippen LogP contribution in [0, 0.1) is 0 Å². The third-order valence-electron chi connectivity index (χ3n) is 5.17. The van der Waals surface area contributed by atoms with Gasteiger partial charge < -0.3 is 14.7 Å². The summed E-state index contributed by atoms with van der Waals surface area (Å²) in [6, 6.07) is 5.29. The van der Waals surface area contributed by atoms with Crippen molar-refractivity contribution in [2.24, 2.45) is 0 Å². The van der Waals surface area contributed by atoms with Gasteiger partial charge in [0.15, 0.2) is 0 Å². The van der Waals surface area contributed by atoms with Crippen LogP contribution in [0.25, 0.3) is 17.0 Å². The number of sulfonamides is 1. The zero-order valence-corrected chi connectivity index (χ0v) is 18.2. The number of aliphatic hydroxyl groups excluding tert-OH is 1. The fraction of sp³-hybridized carbons (Fsp3) is 0.368. The molecule has 1 aliphatic heterocycles. The SMILES string of the molecule is COc1cc(CO)c(-c2cn3ccc(N4CCN(S(C)(=O)=O)CC4)nc3n2)cc1Cl. The number of rotatable bonds is 5. The number of hydrogen-bond donors (Lipinski definition) is 1. The molecular weight excluding hydrogens is 430 g/mol. The maximum atomic E-state index is 11.7. The van der Waals surface area contributed by atoms with Gasteiger partial charge >= 0.3 is 0 Å². The largest absolute Gasteiger partial charge is 0.495 e. The van der Waals surface area contributed by atoms with E-state index < -0.39 is 10.0 Å². The maximum absolute atomic E-state index is 11.7. The average molecular weight is 452 g/mol. The van der Waals surface area contributed by atoms with Gasteiger partial charge in [0.2, 0.25) is 15.8 Å². The number of methoxy groups -OCH3 is 1. The van der Waals surface area contributed by atoms with Crippen molar-refractivity contribution >= 4 is 33.2 Å². The van der Waals surface area contributed by atoms with Gasteiger partial charge in [-0.15, -0.1) is 0 Å². The number of benzene rings is 1. The molecule has 1 fully saturated rings. The van der Waals surface area contributed by atoms with E-state index in [1.165, 1.54) is 17.7 Å². The Labute approximate surface area is 179 Å². The standard InChI is InChI=1S/C19H22ClN5O4S/c1-29-17-9-13(12-26)14(10-15(17)20)16-11-24-4-3-18(22-19(24)21-16)23-5-7-25(8-6-23)30(2,27)28/h3-4,9-11,26H,5-8,12H2,1-2H3. The minimum absolute atomic E-state index is 0.181. The van der Waals surface area contributed by atoms with Crippen LogP contribution in [0.5, 0.6) is 5.75 Å². The molecule has 9 nitrogen and oxygen atoms in total. The number of hydrogen-bond acceptors (Lipinski definition) is 7. The molecule has 0 unspecified atom stereocenters. The lowest BCUT2D eigenvalue weighted by Gasteiger charge is -2.33. The molecule has 0 amide bonds. The number of aromatic nitrogens is 3. The normalized spacial score (nSPS) is 15.7. The van der Waals surface area contributed by atoms with Crippen molar-refractivity contribution in [2.45, 2.75) is 6.61 Å². The van der Waals surface area contributed by atoms with E-state index in [0.29, 0.717) is 59.5 Å². The molecule has 3 aromatic rings. The molecule has 1 aliphatic rings. The Kier molecular flexibility index (Phi) is 5.58. The van der Waals surface area contributed by atoms with E-state index in [4.69, 9.17) is 16.3 Å². The van der Waals surface area contributed by atoms with Crippen molar-refractivity contribution in [3.05, 3.63) is 41.2 Å². The molecule has 4 rings (SSSR count). The third kappa shape index (κ3) is 3.95. The Balaban J connectivity index is 1.63. The average Bonchev–Trinajstić information content (AvgIpc) is 3.16. The molecule has 11 heteroatoms. The Bertz CT molecular complexity index is 1190. The van der Waals surface area contributed by atoms with Crippen LogP contribution in [0.15, 0.2) is 30.6 Å². The molecule has 0 bridgehead atoms. The van der Waals surface area contributed by atoms with Crippen LogP contribution in [-0.2, 0) is 16.6 Å². The number of aliphatic hydroxyl groups is 1. The highest BCUT2D eigenvalue weighted by Gasteiger charge is 2.24. The molecule has 0 radical (unpaired) electrons. The number of fused-ring (bicyclic) bond motifs is 1. The van der Waals surface area contributed by atoms with Crippen LogP contribution >= 0.6 is 11.6 Å². The van der Waals surface area contributed by atoms with Crippen LogP contribution in [0.3, 0.4) is 0 Å². The van der Waals surface area contributed by atoms with E-state index in [9.17, 15) is 13.5 Å². The summed E-state index contributed by atoms with van der Waals surface area (Å²) in [5, 5.41) is 10.2. The first-order valence-corrected chi connectivity index (χ1v) is 11.6. The minimum atomic E-state index is -3.18. The Morgan fingerprint density at radius 1 is 1.20 bits per heavy atom. The van der Waals surface area contributed by atoms with Gasteiger partial charge in [0.25, 0.3) is 0 Å². The molecule has 1 N–H and O–H groups in total. The van der Waals surface area contributed by atoms with Crippen molar-refractivity contribution in [1.29, 1.82) is 0 Å². The molecule has 3 heterocycles. The van der Waals surface area contributed by atoms with Gasteiger partial charge in [-0.05, 0) is 23.8 Å². The second-order valence-corrected chi connectivity index (χ2v) is 9.46. The lowest BCUT2D eigenvalue weighted by Crippen LogP contribution is -2.48. The lowest BCUT2D eigenvalue weighted by atomic mass is 10.1. The van der Waals surface area contributed by atoms with Crippen molar-refractivity contribution < 1.29 is 18.3 Å². The molecule has 0 spiro atoms. The quantitative estimate of drug-likeness (QED) is 0.629. The van der Waals surface area contributed by atoms with Crippen molar-refractivity contribution in [1.82, 2.24) is 18.7 Å². The van der Waals surface area contributed by atoms with Gasteiger partial charge in [0, 0.05) is 44.1 Å². The predicted octanol–water partition coefficient (Wildman–Crippen LogP) is 1.63. The molecule has 0 saturated carbocycles. The van der Waals surface area contributed by atoms with Crippen LogP contribution in [0.1, 0.15) is 5.56 Å². The van der Waals surface area contributed by atoms with Gasteiger partial charge in [-0.3, -0.25) is 4.40 Å². The Morgan fingerprint density at radius 2 is 1.93 bits per heavy atom. The summed E-state index contributed by atoms with van der Waals surface area (Å²) in [4.78, 5) is 11.3. The fourth-order valence-electron chi connectivity index (χ4n) is 3.54. The molecule has 0 aliphatic carbocycles. The summed E-state index contributed by atoms with van der Waals surface area (Å²) in [7, 11) is -1.66. The number of ether oxygens (including phenoxy) is 1. The molecular formula is C19H22ClN5O4S. The zero-order valence-electron chi connectivity index (χ0n) is 16.6. The second-order valence-electron chi connectivity index (χ2n) is 7.07. The third-order valence-corrected chi connectivity index (χ3v) is 6.77. The summed E-state index contributed by atoms with van der Waals surface area (Å²) in [6.45, 7) is 1.80. The first-order chi connectivity index (χ1) is 14.3. The van der Waals surface area contributed by atoms with E-state index in [-0.39, 0.29) is 6.61 Å². The summed E-state index contributed by atoms with van der Waals surface area (Å²) in [5.74, 6) is 1.73. The molecule has 160 valence electrons. The molecule has 0 atom stereocenters. The number of imidazole rings is 1. The van der Waals surface area contributed by atoms with E-state index in [2.05, 4.69) is 9.97 Å². The van der Waals surface area contributed by atoms with Crippen LogP contribution in [0.4, 0.5) is 5.82 Å². The van der Waals surface area contributed by atoms with Crippen molar-refractivity contribution in [3.8, 4) is 17.0 Å². The summed E-state index contributed by atoms with van der Waals surface area (Å²) < 4.78 is 31.9. The Hall–Kier alpha value is -2.40. The second kappa shape index (κ2) is 8.03. The van der Waals surface area contributed by atoms with Gasteiger partial charge in [0.1, 0.15) is 11.6 Å². The molecule has 1 saturated heterocycles. The highest BCUT2D eigenvalue weighted by Crippen LogP contribution is 2.33. The topological polar surface area (TPSA) is 100 Å². The first-order valence-electron chi connectivity index (χ1n) is 9.33. The molecule has 2 aromatic heterocycles. The Morgan fingerprint density at radius 3 is 2.57 bits per heavy atom. The minimum Gasteiger partial charge on any atom is -0.495 e. The van der Waals surface area contributed by atoms with Crippen molar-refractivity contribution in [2.75, 3.05) is 44.4 Å². The highest BCUT2D eigenvalue weighted by atomic mass is 35.5. The highest BCUT2D eigenvalue weighted by molar-refractivity contribution is 7.88. The number of anilines is 1. The number of piperazine rings is 1. The first kappa shape index (κ1) is 20.9. The van der Waals surface area contributed by atoms with Crippen LogP contribution in [-0.4, -0.2) is 71.7 Å². The predicted molar refractivity (Wildman–Crippen MR) is 115 cm³/mol. The van der Waals surface area contributed by atoms with E-state index in [0.717, 1.165) is 5.82 Å². The summed E-state index contributed by atoms with van der Waals surface area (Å²) in [5.41, 5.74) is 1.99. The monoisotopic (exact) mass is 451 g/mol. The van der Waals surface area contributed by atoms with Crippen LogP contribution < -0.4 is 9.64 Å². The van der Waals surface area contributed by atoms with Crippen LogP contribution in [0.2, 0.25) is 5.02 Å². The smallest absolute Gasteiger partial charge is 0.236 e. The van der Waals surface area contributed by atoms with Crippen molar-refractivity contribution in [3.63, 3.8) is 0 Å². The molecule has 30 heavy (non-hydrogen) atoms. The van der Waals surface area contributed by atoms with Gasteiger partial charge in [-0.1, -0.05) is 11.6 Å². The van der Waals surface area contributed by atoms with E-state index in [1.54, 1.807) is 16.5 Å². The number of nitrogens with zero attached hydrogens (tertiary/aromatic N) is 5. The maximum Gasteiger partial charge on any atom is 0.236 e. The zero-order chi connectivity index (χ0) is 21.5. The van der Waals surface area contributed by atoms with Gasteiger partial charge in [-0.2, -0.15) is 9.29 Å². The summed E-state index contributed by atoms with van der Waals surface area (Å²) >= 11 is 6.27. The fourth-order valence-corrected chi connectivity index (χ4v) is 4.61. The summed E-state index contributed by atoms with van der Waals surface area (Å²) in [6.07, 6.45) is 4.91.